The zero-order valence-electron chi connectivity index (χ0n) is 11.9. The predicted molar refractivity (Wildman–Crippen MR) is 75.2 cm³/mol. The minimum Gasteiger partial charge on any atom is -0.480 e. The third-order valence-corrected chi connectivity index (χ3v) is 3.83. The van der Waals surface area contributed by atoms with Gasteiger partial charge >= 0.3 is 11.9 Å². The lowest BCUT2D eigenvalue weighted by Gasteiger charge is -2.31. The lowest BCUT2D eigenvalue weighted by molar-refractivity contribution is -0.157. The average Bonchev–Trinajstić information content (AvgIpc) is 2.58. The quantitative estimate of drug-likeness (QED) is 0.242. The molecule has 0 heterocycles. The van der Waals surface area contributed by atoms with E-state index in [4.69, 9.17) is 10.4 Å². The van der Waals surface area contributed by atoms with Crippen LogP contribution < -0.4 is 11.0 Å². The molecule has 1 aliphatic carbocycles. The van der Waals surface area contributed by atoms with Gasteiger partial charge in [-0.3, -0.25) is 29.6 Å². The number of carbonyl (C=O) groups excluding carboxylic acids is 2. The van der Waals surface area contributed by atoms with Crippen molar-refractivity contribution in [1.29, 1.82) is 0 Å². The Balaban J connectivity index is 2.89. The van der Waals surface area contributed by atoms with E-state index < -0.39 is 35.6 Å². The molecule has 0 saturated carbocycles. The van der Waals surface area contributed by atoms with Crippen LogP contribution in [0.5, 0.6) is 0 Å². The summed E-state index contributed by atoms with van der Waals surface area (Å²) in [4.78, 5) is 47.0. The van der Waals surface area contributed by atoms with Crippen LogP contribution in [0, 0.1) is 0 Å². The second-order valence-corrected chi connectivity index (χ2v) is 4.95. The van der Waals surface area contributed by atoms with Crippen molar-refractivity contribution < 1.29 is 39.8 Å². The van der Waals surface area contributed by atoms with Gasteiger partial charge in [0.1, 0.15) is 0 Å². The van der Waals surface area contributed by atoms with Crippen LogP contribution in [0.2, 0.25) is 0 Å². The summed E-state index contributed by atoms with van der Waals surface area (Å²) in [5.74, 6) is -5.50. The van der Waals surface area contributed by atoms with E-state index in [0.29, 0.717) is 0 Å². The highest BCUT2D eigenvalue weighted by Crippen LogP contribution is 2.41. The van der Waals surface area contributed by atoms with Crippen molar-refractivity contribution in [2.75, 3.05) is 0 Å². The number of carboxylic acids is 2. The topological polar surface area (TPSA) is 173 Å². The van der Waals surface area contributed by atoms with Crippen molar-refractivity contribution in [2.24, 2.45) is 0 Å². The first-order valence-electron chi connectivity index (χ1n) is 6.51. The highest BCUT2D eigenvalue weighted by molar-refractivity contribution is 6.24. The lowest BCUT2D eigenvalue weighted by atomic mass is 9.69. The maximum absolute atomic E-state index is 11.8. The first-order chi connectivity index (χ1) is 11.3. The third-order valence-electron chi connectivity index (χ3n) is 3.83. The molecule has 2 amide bonds. The molecule has 0 fully saturated rings. The molecule has 10 heteroatoms. The van der Waals surface area contributed by atoms with E-state index in [1.807, 2.05) is 0 Å². The molecule has 126 valence electrons. The zero-order chi connectivity index (χ0) is 18.1. The normalized spacial score (nSPS) is 14.8. The van der Waals surface area contributed by atoms with Gasteiger partial charge in [0.05, 0.1) is 0 Å². The molecule has 10 nitrogen and oxygen atoms in total. The van der Waals surface area contributed by atoms with Gasteiger partial charge in [-0.15, -0.1) is 0 Å². The second-order valence-electron chi connectivity index (χ2n) is 4.95. The Hall–Kier alpha value is -3.24. The van der Waals surface area contributed by atoms with Crippen molar-refractivity contribution >= 4 is 29.3 Å². The number of hydrogen-bond acceptors (Lipinski definition) is 6. The van der Waals surface area contributed by atoms with Crippen molar-refractivity contribution in [2.45, 2.75) is 11.8 Å². The molecule has 1 aromatic rings. The first kappa shape index (κ1) is 17.1. The maximum Gasteiger partial charge on any atom is 0.325 e. The fraction of sp³-hybridized carbons (Fsp3) is 0.143. The van der Waals surface area contributed by atoms with E-state index in [-0.39, 0.29) is 22.3 Å². The van der Waals surface area contributed by atoms with Gasteiger partial charge in [-0.25, -0.2) is 11.0 Å². The number of fused-ring (bicyclic) bond motifs is 1. The number of aliphatic carboxylic acids is 2. The average molecular weight is 336 g/mol. The monoisotopic (exact) mass is 336 g/mol. The van der Waals surface area contributed by atoms with Gasteiger partial charge in [0, 0.05) is 16.7 Å². The molecule has 1 aromatic carbocycles. The largest absolute Gasteiger partial charge is 0.480 e. The van der Waals surface area contributed by atoms with Crippen molar-refractivity contribution in [3.8, 4) is 0 Å². The number of nitrogens with one attached hydrogen (secondary N) is 2. The molecule has 0 saturated heterocycles. The Bertz CT molecular complexity index is 769. The maximum atomic E-state index is 11.8. The van der Waals surface area contributed by atoms with Crippen LogP contribution in [0.25, 0.3) is 5.57 Å². The van der Waals surface area contributed by atoms with Gasteiger partial charge in [0.2, 0.25) is 0 Å². The number of allylic oxidation sites excluding steroid dienone is 1. The van der Waals surface area contributed by atoms with Gasteiger partial charge in [-0.2, -0.15) is 0 Å². The van der Waals surface area contributed by atoms with Crippen molar-refractivity contribution in [3.63, 3.8) is 0 Å². The van der Waals surface area contributed by atoms with Crippen molar-refractivity contribution in [3.05, 3.63) is 41.0 Å². The van der Waals surface area contributed by atoms with Crippen LogP contribution in [0.3, 0.4) is 0 Å². The van der Waals surface area contributed by atoms with Crippen molar-refractivity contribution in [1.82, 2.24) is 11.0 Å². The molecule has 0 unspecified atom stereocenters. The molecular formula is C14H12N2O8. The molecule has 2 rings (SSSR count). The summed E-state index contributed by atoms with van der Waals surface area (Å²) in [6, 6.07) is 3.55. The molecule has 6 N–H and O–H groups in total. The predicted octanol–water partition coefficient (Wildman–Crippen LogP) is -0.495. The van der Waals surface area contributed by atoms with Gasteiger partial charge in [-0.05, 0) is 18.1 Å². The number of benzene rings is 1. The van der Waals surface area contributed by atoms with Gasteiger partial charge < -0.3 is 10.2 Å². The third kappa shape index (κ3) is 2.30. The zero-order valence-corrected chi connectivity index (χ0v) is 11.9. The molecule has 0 aliphatic heterocycles. The van der Waals surface area contributed by atoms with Crippen LogP contribution in [0.4, 0.5) is 0 Å². The molecule has 1 aliphatic rings. The van der Waals surface area contributed by atoms with Crippen LogP contribution in [0.15, 0.2) is 24.3 Å². The van der Waals surface area contributed by atoms with E-state index >= 15 is 0 Å². The molecule has 0 aromatic heterocycles. The molecule has 0 bridgehead atoms. The summed E-state index contributed by atoms with van der Waals surface area (Å²) < 4.78 is 0. The summed E-state index contributed by atoms with van der Waals surface area (Å²) in [5, 5.41) is 36.6. The SMILES string of the molecule is O=C(NO)C1=CCC(C(=O)O)(C(=O)O)c2cccc(C(=O)NO)c21. The summed E-state index contributed by atoms with van der Waals surface area (Å²) in [6.45, 7) is 0. The van der Waals surface area contributed by atoms with E-state index in [1.165, 1.54) is 23.1 Å². The standard InChI is InChI=1S/C14H12N2O8/c17-10(15-23)6-2-1-3-8-9(6)7(11(18)16-24)4-5-14(8,12(19)20)13(21)22/h1-4,23-24H,5H2,(H,15,17)(H,16,18)(H,19,20)(H,21,22). The van der Waals surface area contributed by atoms with Crippen LogP contribution in [0.1, 0.15) is 27.9 Å². The minimum absolute atomic E-state index is 0.287. The fourth-order valence-corrected chi connectivity index (χ4v) is 2.68. The van der Waals surface area contributed by atoms with E-state index in [1.54, 1.807) is 0 Å². The fourth-order valence-electron chi connectivity index (χ4n) is 2.68. The highest BCUT2D eigenvalue weighted by Gasteiger charge is 2.52. The second kappa shape index (κ2) is 6.10. The smallest absolute Gasteiger partial charge is 0.325 e. The Morgan fingerprint density at radius 1 is 0.958 bits per heavy atom. The van der Waals surface area contributed by atoms with Crippen LogP contribution in [-0.2, 0) is 19.8 Å². The van der Waals surface area contributed by atoms with E-state index in [2.05, 4.69) is 0 Å². The Morgan fingerprint density at radius 2 is 1.54 bits per heavy atom. The molecular weight excluding hydrogens is 324 g/mol. The van der Waals surface area contributed by atoms with E-state index in [0.717, 1.165) is 12.1 Å². The van der Waals surface area contributed by atoms with Gasteiger partial charge in [-0.1, -0.05) is 18.2 Å². The number of rotatable bonds is 4. The summed E-state index contributed by atoms with van der Waals surface area (Å²) >= 11 is 0. The van der Waals surface area contributed by atoms with Crippen LogP contribution in [-0.4, -0.2) is 44.4 Å². The Labute approximate surface area is 133 Å². The van der Waals surface area contributed by atoms with E-state index in [9.17, 15) is 29.4 Å². The molecule has 24 heavy (non-hydrogen) atoms. The number of carbonyl (C=O) groups is 4. The first-order valence-corrected chi connectivity index (χ1v) is 6.51. The van der Waals surface area contributed by atoms with Gasteiger partial charge in [0.25, 0.3) is 11.8 Å². The molecule has 0 radical (unpaired) electrons. The van der Waals surface area contributed by atoms with Crippen LogP contribution >= 0.6 is 0 Å². The number of amides is 2. The Kier molecular flexibility index (Phi) is 4.35. The summed E-state index contributed by atoms with van der Waals surface area (Å²) in [6.07, 6.45) is 0.432. The van der Waals surface area contributed by atoms with Gasteiger partial charge in [0.15, 0.2) is 5.41 Å². The summed E-state index contributed by atoms with van der Waals surface area (Å²) in [7, 11) is 0. The minimum atomic E-state index is -2.42. The highest BCUT2D eigenvalue weighted by atomic mass is 16.5. The number of carboxylic acid groups (broad SMARTS) is 2. The molecule has 0 spiro atoms. The lowest BCUT2D eigenvalue weighted by Crippen LogP contribution is -2.46. The Morgan fingerprint density at radius 3 is 2.04 bits per heavy atom. The molecule has 0 atom stereocenters. The summed E-state index contributed by atoms with van der Waals surface area (Å²) in [5.41, 5.74) is -0.952. The number of hydroxylamine groups is 2. The number of hydrogen-bond donors (Lipinski definition) is 6.